The quantitative estimate of drug-likeness (QED) is 0.713. The minimum Gasteiger partial charge on any atom is -0.465 e. The minimum absolute atomic E-state index is 0.155. The lowest BCUT2D eigenvalue weighted by molar-refractivity contribution is 0.193. The summed E-state index contributed by atoms with van der Waals surface area (Å²) in [6.45, 7) is -0.656. The number of aliphatic hydroxyl groups excluding tert-OH is 1. The van der Waals surface area contributed by atoms with Crippen molar-refractivity contribution in [3.8, 4) is 0 Å². The van der Waals surface area contributed by atoms with Crippen LogP contribution >= 0.6 is 0 Å². The van der Waals surface area contributed by atoms with Crippen molar-refractivity contribution >= 4 is 6.09 Å². The SMILES string of the molecule is O=C(O)NCc1cc(F)c(F)cc1CO. The summed E-state index contributed by atoms with van der Waals surface area (Å²) < 4.78 is 25.5. The Morgan fingerprint density at radius 3 is 2.27 bits per heavy atom. The maximum absolute atomic E-state index is 12.8. The molecule has 1 aromatic rings. The van der Waals surface area contributed by atoms with Crippen LogP contribution in [0.1, 0.15) is 11.1 Å². The van der Waals surface area contributed by atoms with Gasteiger partial charge < -0.3 is 15.5 Å². The van der Waals surface area contributed by atoms with Crippen LogP contribution in [0.5, 0.6) is 0 Å². The first-order valence-electron chi connectivity index (χ1n) is 4.09. The van der Waals surface area contributed by atoms with Gasteiger partial charge in [0, 0.05) is 6.54 Å². The van der Waals surface area contributed by atoms with Gasteiger partial charge in [-0.2, -0.15) is 0 Å². The zero-order valence-corrected chi connectivity index (χ0v) is 7.63. The molecule has 1 aromatic carbocycles. The van der Waals surface area contributed by atoms with Crippen LogP contribution < -0.4 is 5.32 Å². The number of hydrogen-bond donors (Lipinski definition) is 3. The van der Waals surface area contributed by atoms with Crippen LogP contribution in [0, 0.1) is 11.6 Å². The molecule has 0 radical (unpaired) electrons. The standard InChI is InChI=1S/C9H9F2NO3/c10-7-1-5(3-12-9(14)15)6(4-13)2-8(7)11/h1-2,12-13H,3-4H2,(H,14,15). The normalized spacial score (nSPS) is 10.1. The summed E-state index contributed by atoms with van der Waals surface area (Å²) >= 11 is 0. The lowest BCUT2D eigenvalue weighted by atomic mass is 10.1. The third-order valence-corrected chi connectivity index (χ3v) is 1.84. The first-order valence-corrected chi connectivity index (χ1v) is 4.09. The summed E-state index contributed by atoms with van der Waals surface area (Å²) in [5.74, 6) is -2.15. The second-order valence-corrected chi connectivity index (χ2v) is 2.85. The molecule has 0 bridgehead atoms. The molecule has 0 unspecified atom stereocenters. The monoisotopic (exact) mass is 217 g/mol. The van der Waals surface area contributed by atoms with Gasteiger partial charge in [-0.1, -0.05) is 0 Å². The van der Waals surface area contributed by atoms with E-state index in [1.54, 1.807) is 0 Å². The third-order valence-electron chi connectivity index (χ3n) is 1.84. The van der Waals surface area contributed by atoms with E-state index >= 15 is 0 Å². The van der Waals surface area contributed by atoms with Crippen LogP contribution in [0.15, 0.2) is 12.1 Å². The van der Waals surface area contributed by atoms with Gasteiger partial charge in [-0.3, -0.25) is 0 Å². The summed E-state index contributed by atoms with van der Waals surface area (Å²) in [6.07, 6.45) is -1.27. The molecular formula is C9H9F2NO3. The Bertz CT molecular complexity index is 382. The zero-order valence-electron chi connectivity index (χ0n) is 7.63. The highest BCUT2D eigenvalue weighted by molar-refractivity contribution is 5.64. The zero-order chi connectivity index (χ0) is 11.4. The van der Waals surface area contributed by atoms with E-state index in [1.165, 1.54) is 0 Å². The molecule has 0 saturated heterocycles. The number of amides is 1. The first kappa shape index (κ1) is 11.4. The highest BCUT2D eigenvalue weighted by atomic mass is 19.2. The fourth-order valence-electron chi connectivity index (χ4n) is 1.11. The van der Waals surface area contributed by atoms with Crippen molar-refractivity contribution in [1.29, 1.82) is 0 Å². The Balaban J connectivity index is 2.94. The van der Waals surface area contributed by atoms with Crippen molar-refractivity contribution in [2.75, 3.05) is 0 Å². The van der Waals surface area contributed by atoms with Gasteiger partial charge in [-0.05, 0) is 23.3 Å². The molecule has 0 fully saturated rings. The lowest BCUT2D eigenvalue weighted by Gasteiger charge is -2.07. The average molecular weight is 217 g/mol. The van der Waals surface area contributed by atoms with Gasteiger partial charge in [0.2, 0.25) is 0 Å². The molecule has 6 heteroatoms. The summed E-state index contributed by atoms with van der Waals surface area (Å²) in [5.41, 5.74) is 0.362. The summed E-state index contributed by atoms with van der Waals surface area (Å²) in [7, 11) is 0. The average Bonchev–Trinajstić information content (AvgIpc) is 2.19. The van der Waals surface area contributed by atoms with E-state index in [1.807, 2.05) is 5.32 Å². The third kappa shape index (κ3) is 2.88. The Hall–Kier alpha value is -1.69. The van der Waals surface area contributed by atoms with Crippen molar-refractivity contribution in [3.63, 3.8) is 0 Å². The van der Waals surface area contributed by atoms with Crippen molar-refractivity contribution in [3.05, 3.63) is 34.9 Å². The molecule has 82 valence electrons. The fraction of sp³-hybridized carbons (Fsp3) is 0.222. The van der Waals surface area contributed by atoms with Crippen molar-refractivity contribution in [1.82, 2.24) is 5.32 Å². The minimum atomic E-state index is -1.27. The van der Waals surface area contributed by atoms with E-state index in [0.29, 0.717) is 0 Å². The summed E-state index contributed by atoms with van der Waals surface area (Å²) in [4.78, 5) is 10.2. The molecule has 1 rings (SSSR count). The Morgan fingerprint density at radius 1 is 1.27 bits per heavy atom. The molecule has 0 aliphatic heterocycles. The number of nitrogens with one attached hydrogen (secondary N) is 1. The van der Waals surface area contributed by atoms with Crippen molar-refractivity contribution in [2.24, 2.45) is 0 Å². The number of aliphatic hydroxyl groups is 1. The predicted molar refractivity (Wildman–Crippen MR) is 47.1 cm³/mol. The molecule has 1 amide bonds. The van der Waals surface area contributed by atoms with Crippen molar-refractivity contribution < 1.29 is 23.8 Å². The van der Waals surface area contributed by atoms with Crippen LogP contribution in [-0.2, 0) is 13.2 Å². The van der Waals surface area contributed by atoms with Crippen LogP contribution in [0.2, 0.25) is 0 Å². The van der Waals surface area contributed by atoms with Gasteiger partial charge in [0.1, 0.15) is 0 Å². The molecule has 0 aliphatic rings. The van der Waals surface area contributed by atoms with E-state index in [2.05, 4.69) is 0 Å². The van der Waals surface area contributed by atoms with Gasteiger partial charge in [0.25, 0.3) is 0 Å². The van der Waals surface area contributed by atoms with E-state index in [4.69, 9.17) is 10.2 Å². The fourth-order valence-corrected chi connectivity index (χ4v) is 1.11. The Morgan fingerprint density at radius 2 is 1.80 bits per heavy atom. The molecule has 0 aromatic heterocycles. The van der Waals surface area contributed by atoms with Crippen LogP contribution in [0.4, 0.5) is 13.6 Å². The Labute approximate surface area is 84.2 Å². The topological polar surface area (TPSA) is 69.6 Å². The number of carboxylic acid groups (broad SMARTS) is 1. The Kier molecular flexibility index (Phi) is 3.56. The number of rotatable bonds is 3. The van der Waals surface area contributed by atoms with E-state index in [-0.39, 0.29) is 17.7 Å². The van der Waals surface area contributed by atoms with E-state index in [9.17, 15) is 13.6 Å². The predicted octanol–water partition coefficient (Wildman–Crippen LogP) is 1.22. The molecule has 3 N–H and O–H groups in total. The van der Waals surface area contributed by atoms with Crippen LogP contribution in [0.3, 0.4) is 0 Å². The van der Waals surface area contributed by atoms with E-state index < -0.39 is 24.3 Å². The molecule has 0 atom stereocenters. The molecule has 0 heterocycles. The highest BCUT2D eigenvalue weighted by Crippen LogP contribution is 2.15. The maximum Gasteiger partial charge on any atom is 0.404 e. The summed E-state index contributed by atoms with van der Waals surface area (Å²) in [5, 5.41) is 19.2. The molecule has 0 aliphatic carbocycles. The largest absolute Gasteiger partial charge is 0.465 e. The van der Waals surface area contributed by atoms with Gasteiger partial charge in [0.05, 0.1) is 6.61 Å². The van der Waals surface area contributed by atoms with Gasteiger partial charge >= 0.3 is 6.09 Å². The highest BCUT2D eigenvalue weighted by Gasteiger charge is 2.09. The first-order chi connectivity index (χ1) is 7.04. The number of carbonyl (C=O) groups is 1. The van der Waals surface area contributed by atoms with Gasteiger partial charge in [0.15, 0.2) is 11.6 Å². The molecular weight excluding hydrogens is 208 g/mol. The van der Waals surface area contributed by atoms with E-state index in [0.717, 1.165) is 12.1 Å². The van der Waals surface area contributed by atoms with Gasteiger partial charge in [-0.25, -0.2) is 13.6 Å². The van der Waals surface area contributed by atoms with Crippen LogP contribution in [0.25, 0.3) is 0 Å². The molecule has 4 nitrogen and oxygen atoms in total. The van der Waals surface area contributed by atoms with Gasteiger partial charge in [-0.15, -0.1) is 0 Å². The summed E-state index contributed by atoms with van der Waals surface area (Å²) in [6, 6.07) is 1.70. The molecule has 0 saturated carbocycles. The second kappa shape index (κ2) is 4.70. The number of halogens is 2. The van der Waals surface area contributed by atoms with Crippen molar-refractivity contribution in [2.45, 2.75) is 13.2 Å². The second-order valence-electron chi connectivity index (χ2n) is 2.85. The molecule has 0 spiro atoms. The maximum atomic E-state index is 12.8. The number of hydrogen-bond acceptors (Lipinski definition) is 2. The lowest BCUT2D eigenvalue weighted by Crippen LogP contribution is -2.21. The number of benzene rings is 1. The smallest absolute Gasteiger partial charge is 0.404 e. The molecule has 15 heavy (non-hydrogen) atoms. The van der Waals surface area contributed by atoms with Crippen LogP contribution in [-0.4, -0.2) is 16.3 Å².